The zero-order valence-electron chi connectivity index (χ0n) is 13.4. The van der Waals surface area contributed by atoms with E-state index in [1.54, 1.807) is 0 Å². The molecule has 4 heteroatoms. The van der Waals surface area contributed by atoms with Crippen LogP contribution in [0.25, 0.3) is 0 Å². The van der Waals surface area contributed by atoms with E-state index in [2.05, 4.69) is 48.0 Å². The van der Waals surface area contributed by atoms with E-state index in [9.17, 15) is 4.79 Å². The van der Waals surface area contributed by atoms with Crippen LogP contribution < -0.4 is 5.32 Å². The van der Waals surface area contributed by atoms with Crippen molar-refractivity contribution in [3.05, 3.63) is 29.8 Å². The fraction of sp³-hybridized carbons (Fsp3) is 0.588. The van der Waals surface area contributed by atoms with E-state index in [-0.39, 0.29) is 5.91 Å². The molecule has 0 saturated carbocycles. The minimum atomic E-state index is 0.0841. The highest BCUT2D eigenvalue weighted by molar-refractivity contribution is 5.92. The Balaban J connectivity index is 1.83. The lowest BCUT2D eigenvalue weighted by Crippen LogP contribution is -2.48. The lowest BCUT2D eigenvalue weighted by Gasteiger charge is -2.33. The molecule has 2 rings (SSSR count). The highest BCUT2D eigenvalue weighted by atomic mass is 16.2. The van der Waals surface area contributed by atoms with Gasteiger partial charge in [-0.1, -0.05) is 32.9 Å². The summed E-state index contributed by atoms with van der Waals surface area (Å²) in [5, 5.41) is 3.02. The second-order valence-corrected chi connectivity index (χ2v) is 6.04. The van der Waals surface area contributed by atoms with Gasteiger partial charge in [0.05, 0.1) is 6.54 Å². The lowest BCUT2D eigenvalue weighted by molar-refractivity contribution is -0.117. The molecule has 0 radical (unpaired) electrons. The summed E-state index contributed by atoms with van der Waals surface area (Å²) in [4.78, 5) is 16.8. The van der Waals surface area contributed by atoms with Crippen molar-refractivity contribution in [3.8, 4) is 0 Å². The van der Waals surface area contributed by atoms with Crippen LogP contribution in [0.2, 0.25) is 0 Å². The van der Waals surface area contributed by atoms with Gasteiger partial charge in [0.25, 0.3) is 0 Å². The van der Waals surface area contributed by atoms with Crippen molar-refractivity contribution >= 4 is 11.6 Å². The number of likely N-dealkylation sites (N-methyl/N-ethyl adjacent to an activating group) is 1. The fourth-order valence-electron chi connectivity index (χ4n) is 2.64. The van der Waals surface area contributed by atoms with Crippen molar-refractivity contribution in [2.24, 2.45) is 0 Å². The first-order chi connectivity index (χ1) is 10.1. The molecule has 21 heavy (non-hydrogen) atoms. The van der Waals surface area contributed by atoms with Gasteiger partial charge in [0.2, 0.25) is 5.91 Å². The van der Waals surface area contributed by atoms with Crippen LogP contribution in [0.1, 0.15) is 32.3 Å². The first-order valence-corrected chi connectivity index (χ1v) is 7.93. The van der Waals surface area contributed by atoms with Crippen molar-refractivity contribution in [2.45, 2.75) is 26.7 Å². The SMILES string of the molecule is CCN1CCN(CC(=O)Nc2cccc(C(C)C)c2)CC1. The van der Waals surface area contributed by atoms with E-state index in [1.165, 1.54) is 5.56 Å². The molecule has 1 N–H and O–H groups in total. The first kappa shape index (κ1) is 16.0. The zero-order chi connectivity index (χ0) is 15.2. The monoisotopic (exact) mass is 289 g/mol. The number of piperazine rings is 1. The molecule has 0 unspecified atom stereocenters. The predicted molar refractivity (Wildman–Crippen MR) is 87.7 cm³/mol. The molecule has 0 spiro atoms. The van der Waals surface area contributed by atoms with Gasteiger partial charge in [-0.05, 0) is 30.2 Å². The molecule has 4 nitrogen and oxygen atoms in total. The summed E-state index contributed by atoms with van der Waals surface area (Å²) >= 11 is 0. The van der Waals surface area contributed by atoms with Gasteiger partial charge >= 0.3 is 0 Å². The standard InChI is InChI=1S/C17H27N3O/c1-4-19-8-10-20(11-9-19)13-17(21)18-16-7-5-6-15(12-16)14(2)3/h5-7,12,14H,4,8-11,13H2,1-3H3,(H,18,21). The summed E-state index contributed by atoms with van der Waals surface area (Å²) in [7, 11) is 0. The number of hydrogen-bond acceptors (Lipinski definition) is 3. The predicted octanol–water partition coefficient (Wildman–Crippen LogP) is 2.39. The Bertz CT molecular complexity index is 465. The molecule has 1 aliphatic heterocycles. The Morgan fingerprint density at radius 3 is 2.48 bits per heavy atom. The number of rotatable bonds is 5. The van der Waals surface area contributed by atoms with Gasteiger partial charge < -0.3 is 10.2 Å². The quantitative estimate of drug-likeness (QED) is 0.904. The van der Waals surface area contributed by atoms with Crippen LogP contribution in [0.3, 0.4) is 0 Å². The third-order valence-electron chi connectivity index (χ3n) is 4.12. The molecule has 0 aromatic heterocycles. The largest absolute Gasteiger partial charge is 0.325 e. The summed E-state index contributed by atoms with van der Waals surface area (Å²) in [5.74, 6) is 0.560. The van der Waals surface area contributed by atoms with Crippen LogP contribution in [0, 0.1) is 0 Å². The van der Waals surface area contributed by atoms with Crippen molar-refractivity contribution < 1.29 is 4.79 Å². The van der Waals surface area contributed by atoms with Gasteiger partial charge in [-0.3, -0.25) is 9.69 Å². The lowest BCUT2D eigenvalue weighted by atomic mass is 10.0. The second kappa shape index (κ2) is 7.57. The minimum absolute atomic E-state index is 0.0841. The Hall–Kier alpha value is -1.39. The van der Waals surface area contributed by atoms with Gasteiger partial charge in [0.1, 0.15) is 0 Å². The molecular formula is C17H27N3O. The molecule has 1 aromatic carbocycles. The molecule has 0 aliphatic carbocycles. The highest BCUT2D eigenvalue weighted by Gasteiger charge is 2.17. The number of anilines is 1. The van der Waals surface area contributed by atoms with Crippen LogP contribution in [-0.2, 0) is 4.79 Å². The van der Waals surface area contributed by atoms with Crippen molar-refractivity contribution in [1.29, 1.82) is 0 Å². The summed E-state index contributed by atoms with van der Waals surface area (Å²) < 4.78 is 0. The molecule has 116 valence electrons. The van der Waals surface area contributed by atoms with E-state index in [0.29, 0.717) is 12.5 Å². The van der Waals surface area contributed by atoms with E-state index < -0.39 is 0 Å². The molecule has 1 aromatic rings. The Labute approximate surface area is 128 Å². The summed E-state index contributed by atoms with van der Waals surface area (Å²) in [6.45, 7) is 12.2. The maximum absolute atomic E-state index is 12.1. The third-order valence-corrected chi connectivity index (χ3v) is 4.12. The smallest absolute Gasteiger partial charge is 0.238 e. The zero-order valence-corrected chi connectivity index (χ0v) is 13.4. The van der Waals surface area contributed by atoms with Crippen LogP contribution >= 0.6 is 0 Å². The topological polar surface area (TPSA) is 35.6 Å². The molecule has 1 aliphatic rings. The van der Waals surface area contributed by atoms with Crippen molar-refractivity contribution in [2.75, 3.05) is 44.6 Å². The molecule has 1 fully saturated rings. The number of amides is 1. The van der Waals surface area contributed by atoms with Crippen LogP contribution in [0.15, 0.2) is 24.3 Å². The van der Waals surface area contributed by atoms with Gasteiger partial charge in [-0.15, -0.1) is 0 Å². The van der Waals surface area contributed by atoms with Gasteiger partial charge in [0, 0.05) is 31.9 Å². The van der Waals surface area contributed by atoms with Crippen molar-refractivity contribution in [3.63, 3.8) is 0 Å². The Morgan fingerprint density at radius 1 is 1.19 bits per heavy atom. The fourth-order valence-corrected chi connectivity index (χ4v) is 2.64. The number of hydrogen-bond donors (Lipinski definition) is 1. The van der Waals surface area contributed by atoms with E-state index in [0.717, 1.165) is 38.4 Å². The van der Waals surface area contributed by atoms with Gasteiger partial charge in [-0.2, -0.15) is 0 Å². The summed E-state index contributed by atoms with van der Waals surface area (Å²) in [6, 6.07) is 8.13. The van der Waals surface area contributed by atoms with Crippen LogP contribution in [-0.4, -0.2) is 55.0 Å². The first-order valence-electron chi connectivity index (χ1n) is 7.93. The van der Waals surface area contributed by atoms with Gasteiger partial charge in [0.15, 0.2) is 0 Å². The molecule has 0 bridgehead atoms. The third kappa shape index (κ3) is 4.83. The number of nitrogens with one attached hydrogen (secondary N) is 1. The Morgan fingerprint density at radius 2 is 1.86 bits per heavy atom. The normalized spacial score (nSPS) is 17.1. The number of carbonyl (C=O) groups is 1. The van der Waals surface area contributed by atoms with Crippen LogP contribution in [0.4, 0.5) is 5.69 Å². The average Bonchev–Trinajstić information content (AvgIpc) is 2.48. The number of nitrogens with zero attached hydrogens (tertiary/aromatic N) is 2. The molecule has 1 saturated heterocycles. The Kier molecular flexibility index (Phi) is 5.76. The average molecular weight is 289 g/mol. The van der Waals surface area contributed by atoms with Crippen molar-refractivity contribution in [1.82, 2.24) is 9.80 Å². The van der Waals surface area contributed by atoms with Gasteiger partial charge in [-0.25, -0.2) is 0 Å². The highest BCUT2D eigenvalue weighted by Crippen LogP contribution is 2.18. The number of benzene rings is 1. The summed E-state index contributed by atoms with van der Waals surface area (Å²) in [5.41, 5.74) is 2.16. The van der Waals surface area contributed by atoms with E-state index >= 15 is 0 Å². The van der Waals surface area contributed by atoms with E-state index in [1.807, 2.05) is 12.1 Å². The van der Waals surface area contributed by atoms with E-state index in [4.69, 9.17) is 0 Å². The maximum Gasteiger partial charge on any atom is 0.238 e. The molecular weight excluding hydrogens is 262 g/mol. The summed E-state index contributed by atoms with van der Waals surface area (Å²) in [6.07, 6.45) is 0. The minimum Gasteiger partial charge on any atom is -0.325 e. The maximum atomic E-state index is 12.1. The molecule has 1 heterocycles. The molecule has 1 amide bonds. The second-order valence-electron chi connectivity index (χ2n) is 6.04. The molecule has 0 atom stereocenters. The van der Waals surface area contributed by atoms with Crippen LogP contribution in [0.5, 0.6) is 0 Å². The number of carbonyl (C=O) groups excluding carboxylic acids is 1.